The molecule has 86 valence electrons. The molecule has 2 heterocycles. The van der Waals surface area contributed by atoms with Crippen LogP contribution in [0.4, 0.5) is 11.4 Å². The standard InChI is InChI=1S/C12H12N4O/c13-10-1-2-11-8(5-10)3-4-16(11)12(17)9-6-14-15-7-9/h1-2,5-7H,3-4,13H2,(H,14,15). The van der Waals surface area contributed by atoms with Gasteiger partial charge in [-0.25, -0.2) is 0 Å². The molecule has 0 unspecified atom stereocenters. The van der Waals surface area contributed by atoms with Gasteiger partial charge in [0.15, 0.2) is 0 Å². The zero-order valence-corrected chi connectivity index (χ0v) is 9.18. The number of hydrogen-bond donors (Lipinski definition) is 2. The minimum atomic E-state index is -0.0257. The van der Waals surface area contributed by atoms with E-state index >= 15 is 0 Å². The number of nitrogens with zero attached hydrogens (tertiary/aromatic N) is 2. The highest BCUT2D eigenvalue weighted by atomic mass is 16.2. The minimum absolute atomic E-state index is 0.0257. The number of carbonyl (C=O) groups is 1. The molecule has 5 nitrogen and oxygen atoms in total. The number of amides is 1. The predicted molar refractivity (Wildman–Crippen MR) is 64.8 cm³/mol. The summed E-state index contributed by atoms with van der Waals surface area (Å²) in [7, 11) is 0. The molecule has 17 heavy (non-hydrogen) atoms. The van der Waals surface area contributed by atoms with Crippen LogP contribution >= 0.6 is 0 Å². The Hall–Kier alpha value is -2.30. The lowest BCUT2D eigenvalue weighted by Gasteiger charge is -2.16. The van der Waals surface area contributed by atoms with Crippen molar-refractivity contribution in [1.29, 1.82) is 0 Å². The molecule has 1 amide bonds. The Balaban J connectivity index is 1.96. The fraction of sp³-hybridized carbons (Fsp3) is 0.167. The molecule has 0 atom stereocenters. The lowest BCUT2D eigenvalue weighted by Crippen LogP contribution is -2.28. The molecular weight excluding hydrogens is 216 g/mol. The third-order valence-electron chi connectivity index (χ3n) is 2.99. The van der Waals surface area contributed by atoms with Gasteiger partial charge in [0.05, 0.1) is 11.8 Å². The summed E-state index contributed by atoms with van der Waals surface area (Å²) in [5.41, 5.74) is 9.12. The van der Waals surface area contributed by atoms with Gasteiger partial charge in [-0.05, 0) is 30.2 Å². The fourth-order valence-electron chi connectivity index (χ4n) is 2.16. The molecule has 0 saturated carbocycles. The van der Waals surface area contributed by atoms with Gasteiger partial charge in [-0.3, -0.25) is 9.89 Å². The third kappa shape index (κ3) is 1.56. The van der Waals surface area contributed by atoms with Gasteiger partial charge in [-0.2, -0.15) is 5.10 Å². The monoisotopic (exact) mass is 228 g/mol. The van der Waals surface area contributed by atoms with E-state index in [1.165, 1.54) is 6.20 Å². The van der Waals surface area contributed by atoms with Crippen molar-refractivity contribution >= 4 is 17.3 Å². The number of nitrogen functional groups attached to an aromatic ring is 1. The summed E-state index contributed by atoms with van der Waals surface area (Å²) in [5, 5.41) is 6.44. The quantitative estimate of drug-likeness (QED) is 0.720. The van der Waals surface area contributed by atoms with E-state index in [9.17, 15) is 4.79 Å². The number of fused-ring (bicyclic) bond motifs is 1. The molecule has 5 heteroatoms. The maximum atomic E-state index is 12.2. The van der Waals surface area contributed by atoms with E-state index in [4.69, 9.17) is 5.73 Å². The van der Waals surface area contributed by atoms with E-state index in [1.807, 2.05) is 18.2 Å². The topological polar surface area (TPSA) is 75.0 Å². The first-order valence-electron chi connectivity index (χ1n) is 5.45. The molecule has 2 aromatic rings. The highest BCUT2D eigenvalue weighted by Crippen LogP contribution is 2.30. The molecule has 0 saturated heterocycles. The second-order valence-electron chi connectivity index (χ2n) is 4.08. The van der Waals surface area contributed by atoms with Crippen molar-refractivity contribution in [3.8, 4) is 0 Å². The molecule has 3 N–H and O–H groups in total. The number of anilines is 2. The van der Waals surface area contributed by atoms with Crippen LogP contribution in [0.2, 0.25) is 0 Å². The zero-order valence-electron chi connectivity index (χ0n) is 9.18. The molecule has 1 aliphatic rings. The molecule has 0 aliphatic carbocycles. The molecule has 1 aromatic heterocycles. The first-order valence-corrected chi connectivity index (χ1v) is 5.45. The van der Waals surface area contributed by atoms with Gasteiger partial charge in [0, 0.05) is 24.1 Å². The number of aromatic nitrogens is 2. The van der Waals surface area contributed by atoms with Crippen molar-refractivity contribution in [1.82, 2.24) is 10.2 Å². The Labute approximate surface area is 98.2 Å². The lowest BCUT2D eigenvalue weighted by atomic mass is 10.1. The zero-order chi connectivity index (χ0) is 11.8. The van der Waals surface area contributed by atoms with Crippen LogP contribution in [-0.4, -0.2) is 22.6 Å². The van der Waals surface area contributed by atoms with Crippen molar-refractivity contribution in [3.05, 3.63) is 41.7 Å². The largest absolute Gasteiger partial charge is 0.399 e. The van der Waals surface area contributed by atoms with Crippen LogP contribution in [0, 0.1) is 0 Å². The number of benzene rings is 1. The van der Waals surface area contributed by atoms with Gasteiger partial charge in [0.1, 0.15) is 0 Å². The normalized spacial score (nSPS) is 13.8. The van der Waals surface area contributed by atoms with Crippen LogP contribution < -0.4 is 10.6 Å². The molecule has 1 aromatic carbocycles. The van der Waals surface area contributed by atoms with Gasteiger partial charge in [0.2, 0.25) is 0 Å². The van der Waals surface area contributed by atoms with Crippen LogP contribution in [-0.2, 0) is 6.42 Å². The Bertz CT molecular complexity index is 562. The molecule has 3 rings (SSSR count). The van der Waals surface area contributed by atoms with E-state index in [1.54, 1.807) is 11.1 Å². The first-order chi connectivity index (χ1) is 8.25. The maximum absolute atomic E-state index is 12.2. The summed E-state index contributed by atoms with van der Waals surface area (Å²) >= 11 is 0. The molecular formula is C12H12N4O. The highest BCUT2D eigenvalue weighted by Gasteiger charge is 2.25. The highest BCUT2D eigenvalue weighted by molar-refractivity contribution is 6.07. The Kier molecular flexibility index (Phi) is 2.11. The van der Waals surface area contributed by atoms with E-state index < -0.39 is 0 Å². The summed E-state index contributed by atoms with van der Waals surface area (Å²) in [6.45, 7) is 0.697. The Morgan fingerprint density at radius 1 is 1.47 bits per heavy atom. The number of hydrogen-bond acceptors (Lipinski definition) is 3. The maximum Gasteiger partial charge on any atom is 0.261 e. The molecule has 0 radical (unpaired) electrons. The second-order valence-corrected chi connectivity index (χ2v) is 4.08. The predicted octanol–water partition coefficient (Wildman–Crippen LogP) is 1.19. The molecule has 0 fully saturated rings. The molecule has 1 aliphatic heterocycles. The van der Waals surface area contributed by atoms with Crippen molar-refractivity contribution < 1.29 is 4.79 Å². The summed E-state index contributed by atoms with van der Waals surface area (Å²) in [6.07, 6.45) is 4.00. The summed E-state index contributed by atoms with van der Waals surface area (Å²) in [4.78, 5) is 14.0. The van der Waals surface area contributed by atoms with Crippen molar-refractivity contribution in [2.45, 2.75) is 6.42 Å². The van der Waals surface area contributed by atoms with Crippen molar-refractivity contribution in [2.24, 2.45) is 0 Å². The van der Waals surface area contributed by atoms with Gasteiger partial charge in [-0.1, -0.05) is 0 Å². The number of nitrogens with two attached hydrogens (primary N) is 1. The minimum Gasteiger partial charge on any atom is -0.399 e. The van der Waals surface area contributed by atoms with E-state index in [-0.39, 0.29) is 5.91 Å². The summed E-state index contributed by atoms with van der Waals surface area (Å²) in [5.74, 6) is -0.0257. The van der Waals surface area contributed by atoms with Crippen LogP contribution in [0.1, 0.15) is 15.9 Å². The van der Waals surface area contributed by atoms with Gasteiger partial charge >= 0.3 is 0 Å². The Morgan fingerprint density at radius 2 is 2.35 bits per heavy atom. The summed E-state index contributed by atoms with van der Waals surface area (Å²) in [6, 6.07) is 5.65. The van der Waals surface area contributed by atoms with E-state index in [0.29, 0.717) is 12.1 Å². The summed E-state index contributed by atoms with van der Waals surface area (Å²) < 4.78 is 0. The number of rotatable bonds is 1. The number of nitrogens with one attached hydrogen (secondary N) is 1. The smallest absolute Gasteiger partial charge is 0.261 e. The lowest BCUT2D eigenvalue weighted by molar-refractivity contribution is 0.0989. The van der Waals surface area contributed by atoms with E-state index in [0.717, 1.165) is 23.4 Å². The number of aromatic amines is 1. The number of H-pyrrole nitrogens is 1. The fourth-order valence-corrected chi connectivity index (χ4v) is 2.16. The molecule has 0 bridgehead atoms. The van der Waals surface area contributed by atoms with Crippen molar-refractivity contribution in [2.75, 3.05) is 17.2 Å². The van der Waals surface area contributed by atoms with Crippen LogP contribution in [0.5, 0.6) is 0 Å². The number of carbonyl (C=O) groups excluding carboxylic acids is 1. The third-order valence-corrected chi connectivity index (χ3v) is 2.99. The van der Waals surface area contributed by atoms with Crippen LogP contribution in [0.3, 0.4) is 0 Å². The van der Waals surface area contributed by atoms with Gasteiger partial charge in [-0.15, -0.1) is 0 Å². The first kappa shape index (κ1) is 9.89. The Morgan fingerprint density at radius 3 is 3.12 bits per heavy atom. The van der Waals surface area contributed by atoms with Crippen molar-refractivity contribution in [3.63, 3.8) is 0 Å². The van der Waals surface area contributed by atoms with Crippen LogP contribution in [0.25, 0.3) is 0 Å². The average Bonchev–Trinajstić information content (AvgIpc) is 2.96. The SMILES string of the molecule is Nc1ccc2c(c1)CCN2C(=O)c1cn[nH]c1. The average molecular weight is 228 g/mol. The van der Waals surface area contributed by atoms with E-state index in [2.05, 4.69) is 10.2 Å². The van der Waals surface area contributed by atoms with Gasteiger partial charge in [0.25, 0.3) is 5.91 Å². The van der Waals surface area contributed by atoms with Gasteiger partial charge < -0.3 is 10.6 Å². The molecule has 0 spiro atoms. The second kappa shape index (κ2) is 3.62. The van der Waals surface area contributed by atoms with Crippen LogP contribution in [0.15, 0.2) is 30.6 Å².